The Morgan fingerprint density at radius 1 is 1.04 bits per heavy atom. The van der Waals surface area contributed by atoms with Gasteiger partial charge >= 0.3 is 0 Å². The average molecular weight is 380 g/mol. The van der Waals surface area contributed by atoms with Crippen LogP contribution in [0.1, 0.15) is 28.8 Å². The van der Waals surface area contributed by atoms with Gasteiger partial charge in [-0.3, -0.25) is 9.59 Å². The Balaban J connectivity index is 2.18. The van der Waals surface area contributed by atoms with Crippen molar-refractivity contribution >= 4 is 33.1 Å². The number of rotatable bonds is 7. The maximum absolute atomic E-state index is 12.6. The fraction of sp³-hybridized carbons (Fsp3) is 0.222. The molecule has 0 spiro atoms. The van der Waals surface area contributed by atoms with E-state index in [4.69, 9.17) is 17.3 Å². The fourth-order valence-corrected chi connectivity index (χ4v) is 4.09. The molecule has 1 atom stereocenters. The molecule has 0 aliphatic carbocycles. The number of carbonyl (C=O) groups is 2. The predicted molar refractivity (Wildman–Crippen MR) is 96.4 cm³/mol. The topological polar surface area (TPSA) is 94.3 Å². The van der Waals surface area contributed by atoms with Crippen LogP contribution in [0.5, 0.6) is 0 Å². The third kappa shape index (κ3) is 4.67. The molecule has 2 rings (SSSR count). The van der Waals surface area contributed by atoms with E-state index < -0.39 is 21.0 Å². The molecule has 1 amide bonds. The zero-order chi connectivity index (χ0) is 18.6. The summed E-state index contributed by atoms with van der Waals surface area (Å²) < 4.78 is 25.3. The highest BCUT2D eigenvalue weighted by atomic mass is 35.5. The summed E-state index contributed by atoms with van der Waals surface area (Å²) in [5.74, 6) is -1.24. The normalized spacial score (nSPS) is 12.6. The number of Topliss-reactive ketones (excluding diaryl/α,β-unsaturated/α-hetero) is 1. The summed E-state index contributed by atoms with van der Waals surface area (Å²) in [5.41, 5.74) is 6.59. The van der Waals surface area contributed by atoms with Crippen LogP contribution in [0.4, 0.5) is 0 Å². The van der Waals surface area contributed by atoms with E-state index in [0.717, 1.165) is 5.56 Å². The third-order valence-electron chi connectivity index (χ3n) is 3.84. The lowest BCUT2D eigenvalue weighted by Gasteiger charge is -2.14. The maximum Gasteiger partial charge on any atom is 0.236 e. The molecule has 132 valence electrons. The van der Waals surface area contributed by atoms with Gasteiger partial charge in [0.25, 0.3) is 0 Å². The minimum Gasteiger partial charge on any atom is -0.369 e. The number of nitrogens with two attached hydrogens (primary N) is 1. The van der Waals surface area contributed by atoms with Gasteiger partial charge in [0.15, 0.2) is 15.6 Å². The Morgan fingerprint density at radius 3 is 2.12 bits per heavy atom. The fourth-order valence-electron chi connectivity index (χ4n) is 2.38. The van der Waals surface area contributed by atoms with Gasteiger partial charge in [-0.1, -0.05) is 29.3 Å². The summed E-state index contributed by atoms with van der Waals surface area (Å²) in [6, 6.07) is 12.4. The SMILES string of the molecule is Cc1ccc(S(=O)(=O)[C@@H](CCC(=O)c2ccc(Cl)cc2)C(N)=O)cc1. The first-order valence-electron chi connectivity index (χ1n) is 7.60. The highest BCUT2D eigenvalue weighted by molar-refractivity contribution is 7.92. The molecule has 0 aromatic heterocycles. The van der Waals surface area contributed by atoms with E-state index in [1.54, 1.807) is 36.4 Å². The number of hydrogen-bond acceptors (Lipinski definition) is 4. The first-order chi connectivity index (χ1) is 11.7. The Kier molecular flexibility index (Phi) is 5.98. The van der Waals surface area contributed by atoms with Gasteiger partial charge in [-0.15, -0.1) is 0 Å². The van der Waals surface area contributed by atoms with Gasteiger partial charge < -0.3 is 5.73 Å². The van der Waals surface area contributed by atoms with Crippen LogP contribution in [0, 0.1) is 6.92 Å². The largest absolute Gasteiger partial charge is 0.369 e. The van der Waals surface area contributed by atoms with Crippen molar-refractivity contribution in [3.63, 3.8) is 0 Å². The highest BCUT2D eigenvalue weighted by Crippen LogP contribution is 2.21. The molecular formula is C18H18ClNO4S. The Labute approximate surface area is 151 Å². The van der Waals surface area contributed by atoms with Crippen LogP contribution in [-0.2, 0) is 14.6 Å². The van der Waals surface area contributed by atoms with Gasteiger partial charge in [0, 0.05) is 17.0 Å². The summed E-state index contributed by atoms with van der Waals surface area (Å²) in [5, 5.41) is -0.958. The maximum atomic E-state index is 12.6. The molecular weight excluding hydrogens is 362 g/mol. The summed E-state index contributed by atoms with van der Waals surface area (Å²) >= 11 is 5.77. The van der Waals surface area contributed by atoms with Gasteiger partial charge in [-0.05, 0) is 49.7 Å². The van der Waals surface area contributed by atoms with Gasteiger partial charge in [0.1, 0.15) is 5.25 Å². The van der Waals surface area contributed by atoms with Crippen LogP contribution in [0.15, 0.2) is 53.4 Å². The second-order valence-electron chi connectivity index (χ2n) is 5.72. The summed E-state index contributed by atoms with van der Waals surface area (Å²) in [6.45, 7) is 1.83. The molecule has 2 aromatic rings. The van der Waals surface area contributed by atoms with E-state index in [1.807, 2.05) is 6.92 Å². The number of ketones is 1. The molecule has 7 heteroatoms. The standard InChI is InChI=1S/C18H18ClNO4S/c1-12-2-8-15(9-3-12)25(23,24)17(18(20)22)11-10-16(21)13-4-6-14(19)7-5-13/h2-9,17H,10-11H2,1H3,(H2,20,22)/t17-/m0/s1. The molecule has 0 aliphatic rings. The smallest absolute Gasteiger partial charge is 0.236 e. The number of sulfone groups is 1. The average Bonchev–Trinajstić information content (AvgIpc) is 2.55. The molecule has 0 unspecified atom stereocenters. The molecule has 0 bridgehead atoms. The number of halogens is 1. The van der Waals surface area contributed by atoms with Crippen molar-refractivity contribution in [2.45, 2.75) is 29.9 Å². The van der Waals surface area contributed by atoms with Crippen LogP contribution < -0.4 is 5.73 Å². The molecule has 0 fully saturated rings. The molecule has 2 N–H and O–H groups in total. The second-order valence-corrected chi connectivity index (χ2v) is 8.28. The van der Waals surface area contributed by atoms with Crippen LogP contribution in [-0.4, -0.2) is 25.4 Å². The number of aryl methyl sites for hydroxylation is 1. The minimum absolute atomic E-state index is 0.0147. The van der Waals surface area contributed by atoms with E-state index in [1.165, 1.54) is 12.1 Å². The van der Waals surface area contributed by atoms with Gasteiger partial charge in [-0.2, -0.15) is 0 Å². The zero-order valence-electron chi connectivity index (χ0n) is 13.6. The number of hydrogen-bond donors (Lipinski definition) is 1. The summed E-state index contributed by atoms with van der Waals surface area (Å²) in [7, 11) is -3.95. The lowest BCUT2D eigenvalue weighted by molar-refractivity contribution is -0.117. The highest BCUT2D eigenvalue weighted by Gasteiger charge is 2.32. The lowest BCUT2D eigenvalue weighted by Crippen LogP contribution is -2.36. The molecule has 5 nitrogen and oxygen atoms in total. The monoisotopic (exact) mass is 379 g/mol. The van der Waals surface area contributed by atoms with Crippen LogP contribution in [0.3, 0.4) is 0 Å². The molecule has 0 saturated heterocycles. The molecule has 0 saturated carbocycles. The molecule has 0 radical (unpaired) electrons. The second kappa shape index (κ2) is 7.80. The van der Waals surface area contributed by atoms with Gasteiger partial charge in [0.2, 0.25) is 5.91 Å². The quantitative estimate of drug-likeness (QED) is 0.748. The molecule has 0 heterocycles. The van der Waals surface area contributed by atoms with Crippen LogP contribution in [0.25, 0.3) is 0 Å². The number of amides is 1. The van der Waals surface area contributed by atoms with Crippen molar-refractivity contribution in [3.05, 3.63) is 64.7 Å². The van der Waals surface area contributed by atoms with Crippen molar-refractivity contribution in [1.29, 1.82) is 0 Å². The first-order valence-corrected chi connectivity index (χ1v) is 9.53. The van der Waals surface area contributed by atoms with Crippen molar-refractivity contribution < 1.29 is 18.0 Å². The number of carbonyl (C=O) groups excluding carboxylic acids is 2. The molecule has 2 aromatic carbocycles. The first kappa shape index (κ1) is 19.1. The van der Waals surface area contributed by atoms with E-state index in [0.29, 0.717) is 10.6 Å². The van der Waals surface area contributed by atoms with E-state index in [-0.39, 0.29) is 23.5 Å². The van der Waals surface area contributed by atoms with Gasteiger partial charge in [0.05, 0.1) is 4.90 Å². The number of benzene rings is 2. The Hall–Kier alpha value is -2.18. The molecule has 0 aliphatic heterocycles. The van der Waals surface area contributed by atoms with E-state index in [9.17, 15) is 18.0 Å². The number of primary amides is 1. The summed E-state index contributed by atoms with van der Waals surface area (Å²) in [4.78, 5) is 23.9. The van der Waals surface area contributed by atoms with Crippen LogP contribution >= 0.6 is 11.6 Å². The van der Waals surface area contributed by atoms with Crippen molar-refractivity contribution in [3.8, 4) is 0 Å². The van der Waals surface area contributed by atoms with Crippen molar-refractivity contribution in [1.82, 2.24) is 0 Å². The van der Waals surface area contributed by atoms with E-state index >= 15 is 0 Å². The third-order valence-corrected chi connectivity index (χ3v) is 6.24. The Bertz CT molecular complexity index is 874. The predicted octanol–water partition coefficient (Wildman–Crippen LogP) is 2.94. The van der Waals surface area contributed by atoms with Crippen molar-refractivity contribution in [2.24, 2.45) is 5.73 Å². The van der Waals surface area contributed by atoms with E-state index in [2.05, 4.69) is 0 Å². The van der Waals surface area contributed by atoms with Crippen molar-refractivity contribution in [2.75, 3.05) is 0 Å². The molecule has 25 heavy (non-hydrogen) atoms. The minimum atomic E-state index is -3.95. The van der Waals surface area contributed by atoms with Gasteiger partial charge in [-0.25, -0.2) is 8.42 Å². The Morgan fingerprint density at radius 2 is 1.60 bits per heavy atom. The van der Waals surface area contributed by atoms with Crippen LogP contribution in [0.2, 0.25) is 5.02 Å². The lowest BCUT2D eigenvalue weighted by atomic mass is 10.1. The zero-order valence-corrected chi connectivity index (χ0v) is 15.2. The summed E-state index contributed by atoms with van der Waals surface area (Å²) in [6.07, 6.45) is -0.284.